The second-order valence-electron chi connectivity index (χ2n) is 3.04. The van der Waals surface area contributed by atoms with Gasteiger partial charge in [-0.1, -0.05) is 0 Å². The fourth-order valence-corrected chi connectivity index (χ4v) is 1.39. The van der Waals surface area contributed by atoms with Crippen LogP contribution in [0.3, 0.4) is 0 Å². The molecule has 1 aromatic rings. The summed E-state index contributed by atoms with van der Waals surface area (Å²) in [7, 11) is 0. The van der Waals surface area contributed by atoms with E-state index in [1.54, 1.807) is 11.8 Å². The molecule has 0 atom stereocenters. The lowest BCUT2D eigenvalue weighted by Crippen LogP contribution is -2.04. The first-order valence-electron chi connectivity index (χ1n) is 4.57. The highest BCUT2D eigenvalue weighted by Gasteiger charge is 2.09. The molecule has 4 heteroatoms. The number of ketones is 1. The number of ether oxygens (including phenoxy) is 1. The number of rotatable bonds is 5. The van der Waals surface area contributed by atoms with Crippen LogP contribution in [0.25, 0.3) is 0 Å². The van der Waals surface area contributed by atoms with Gasteiger partial charge in [-0.3, -0.25) is 4.79 Å². The highest BCUT2D eigenvalue weighted by molar-refractivity contribution is 7.98. The molecule has 1 rings (SSSR count). The molecule has 2 nitrogen and oxygen atoms in total. The van der Waals surface area contributed by atoms with Gasteiger partial charge in [0.15, 0.2) is 5.78 Å². The molecule has 0 heterocycles. The SMILES string of the molecule is CSCCOc1ccc(F)cc1C(C)=O. The van der Waals surface area contributed by atoms with Gasteiger partial charge in [-0.25, -0.2) is 4.39 Å². The molecule has 0 saturated carbocycles. The molecule has 0 amide bonds. The molecule has 0 unspecified atom stereocenters. The smallest absolute Gasteiger partial charge is 0.163 e. The molecule has 0 radical (unpaired) electrons. The van der Waals surface area contributed by atoms with Crippen molar-refractivity contribution in [2.45, 2.75) is 6.92 Å². The van der Waals surface area contributed by atoms with Crippen molar-refractivity contribution < 1.29 is 13.9 Å². The number of carbonyl (C=O) groups is 1. The lowest BCUT2D eigenvalue weighted by atomic mass is 10.1. The van der Waals surface area contributed by atoms with E-state index in [2.05, 4.69) is 0 Å². The van der Waals surface area contributed by atoms with E-state index in [1.165, 1.54) is 25.1 Å². The van der Waals surface area contributed by atoms with Gasteiger partial charge >= 0.3 is 0 Å². The zero-order valence-corrected chi connectivity index (χ0v) is 9.57. The standard InChI is InChI=1S/C11H13FO2S/c1-8(13)10-7-9(12)3-4-11(10)14-5-6-15-2/h3-4,7H,5-6H2,1-2H3. The van der Waals surface area contributed by atoms with Crippen LogP contribution < -0.4 is 4.74 Å². The molecule has 0 bridgehead atoms. The molecule has 82 valence electrons. The summed E-state index contributed by atoms with van der Waals surface area (Å²) in [6.45, 7) is 1.92. The van der Waals surface area contributed by atoms with Crippen LogP contribution in [-0.2, 0) is 0 Å². The van der Waals surface area contributed by atoms with E-state index < -0.39 is 5.82 Å². The van der Waals surface area contributed by atoms with Crippen molar-refractivity contribution in [3.63, 3.8) is 0 Å². The van der Waals surface area contributed by atoms with Crippen LogP contribution in [0, 0.1) is 5.82 Å². The molecule has 1 aromatic carbocycles. The van der Waals surface area contributed by atoms with Gasteiger partial charge in [0.1, 0.15) is 11.6 Å². The summed E-state index contributed by atoms with van der Waals surface area (Å²) < 4.78 is 18.3. The fraction of sp³-hybridized carbons (Fsp3) is 0.364. The molecule has 0 fully saturated rings. The first kappa shape index (κ1) is 12.0. The molecule has 0 saturated heterocycles. The van der Waals surface area contributed by atoms with E-state index in [9.17, 15) is 9.18 Å². The Hall–Kier alpha value is -1.03. The lowest BCUT2D eigenvalue weighted by molar-refractivity contribution is 0.101. The van der Waals surface area contributed by atoms with Crippen molar-refractivity contribution in [1.29, 1.82) is 0 Å². The van der Waals surface area contributed by atoms with Gasteiger partial charge in [-0.2, -0.15) is 11.8 Å². The summed E-state index contributed by atoms with van der Waals surface area (Å²) in [6.07, 6.45) is 1.97. The number of carbonyl (C=O) groups excluding carboxylic acids is 1. The maximum absolute atomic E-state index is 12.9. The monoisotopic (exact) mass is 228 g/mol. The van der Waals surface area contributed by atoms with Gasteiger partial charge in [-0.15, -0.1) is 0 Å². The Labute approximate surface area is 92.8 Å². The molecule has 0 aliphatic heterocycles. The zero-order valence-electron chi connectivity index (χ0n) is 8.75. The van der Waals surface area contributed by atoms with Gasteiger partial charge < -0.3 is 4.74 Å². The van der Waals surface area contributed by atoms with Crippen LogP contribution in [0.1, 0.15) is 17.3 Å². The topological polar surface area (TPSA) is 26.3 Å². The van der Waals surface area contributed by atoms with Crippen molar-refractivity contribution in [2.75, 3.05) is 18.6 Å². The van der Waals surface area contributed by atoms with Gasteiger partial charge in [0, 0.05) is 5.75 Å². The normalized spacial score (nSPS) is 10.1. The van der Waals surface area contributed by atoms with E-state index in [0.717, 1.165) is 5.75 Å². The van der Waals surface area contributed by atoms with Crippen molar-refractivity contribution in [1.82, 2.24) is 0 Å². The number of halogens is 1. The highest BCUT2D eigenvalue weighted by atomic mass is 32.2. The zero-order chi connectivity index (χ0) is 11.3. The average Bonchev–Trinajstić information content (AvgIpc) is 2.20. The Kier molecular flexibility index (Phi) is 4.62. The Morgan fingerprint density at radius 3 is 2.87 bits per heavy atom. The van der Waals surface area contributed by atoms with Crippen LogP contribution in [0.5, 0.6) is 5.75 Å². The number of hydrogen-bond donors (Lipinski definition) is 0. The first-order valence-corrected chi connectivity index (χ1v) is 5.96. The van der Waals surface area contributed by atoms with Crippen LogP contribution in [0.15, 0.2) is 18.2 Å². The van der Waals surface area contributed by atoms with Crippen molar-refractivity contribution in [3.05, 3.63) is 29.6 Å². The predicted molar refractivity (Wildman–Crippen MR) is 60.3 cm³/mol. The maximum atomic E-state index is 12.9. The minimum absolute atomic E-state index is 0.186. The first-order chi connectivity index (χ1) is 7.15. The van der Waals surface area contributed by atoms with E-state index in [4.69, 9.17) is 4.74 Å². The Balaban J connectivity index is 2.81. The molecule has 0 N–H and O–H groups in total. The second-order valence-corrected chi connectivity index (χ2v) is 4.02. The van der Waals surface area contributed by atoms with Gasteiger partial charge in [0.2, 0.25) is 0 Å². The Bertz CT molecular complexity index is 352. The molecule has 0 aliphatic rings. The molecule has 0 spiro atoms. The van der Waals surface area contributed by atoms with Crippen molar-refractivity contribution in [3.8, 4) is 5.75 Å². The third-order valence-corrected chi connectivity index (χ3v) is 2.44. The Morgan fingerprint density at radius 2 is 2.27 bits per heavy atom. The number of Topliss-reactive ketones (excluding diaryl/α,β-unsaturated/α-hetero) is 1. The summed E-state index contributed by atoms with van der Waals surface area (Å²) in [5, 5.41) is 0. The third-order valence-electron chi connectivity index (χ3n) is 1.87. The van der Waals surface area contributed by atoms with Crippen LogP contribution in [0.2, 0.25) is 0 Å². The molecule has 15 heavy (non-hydrogen) atoms. The Morgan fingerprint density at radius 1 is 1.53 bits per heavy atom. The van der Waals surface area contributed by atoms with E-state index >= 15 is 0 Å². The quantitative estimate of drug-likeness (QED) is 0.572. The van der Waals surface area contributed by atoms with Crippen LogP contribution in [0.4, 0.5) is 4.39 Å². The summed E-state index contributed by atoms with van der Waals surface area (Å²) in [4.78, 5) is 11.2. The summed E-state index contributed by atoms with van der Waals surface area (Å²) in [6, 6.07) is 3.99. The molecule has 0 aliphatic carbocycles. The van der Waals surface area contributed by atoms with E-state index in [1.807, 2.05) is 6.26 Å². The minimum atomic E-state index is -0.419. The predicted octanol–water partition coefficient (Wildman–Crippen LogP) is 2.77. The largest absolute Gasteiger partial charge is 0.492 e. The number of hydrogen-bond acceptors (Lipinski definition) is 3. The summed E-state index contributed by atoms with van der Waals surface area (Å²) in [5.41, 5.74) is 0.302. The van der Waals surface area contributed by atoms with Crippen molar-refractivity contribution >= 4 is 17.5 Å². The molecular weight excluding hydrogens is 215 g/mol. The number of benzene rings is 1. The van der Waals surface area contributed by atoms with Gasteiger partial charge in [0.05, 0.1) is 12.2 Å². The van der Waals surface area contributed by atoms with Crippen LogP contribution >= 0.6 is 11.8 Å². The van der Waals surface area contributed by atoms with Crippen molar-refractivity contribution in [2.24, 2.45) is 0 Å². The molecule has 0 aromatic heterocycles. The second kappa shape index (κ2) is 5.75. The fourth-order valence-electron chi connectivity index (χ4n) is 1.14. The average molecular weight is 228 g/mol. The van der Waals surface area contributed by atoms with Crippen LogP contribution in [-0.4, -0.2) is 24.4 Å². The van der Waals surface area contributed by atoms with Gasteiger partial charge in [-0.05, 0) is 31.4 Å². The third kappa shape index (κ3) is 3.55. The van der Waals surface area contributed by atoms with E-state index in [0.29, 0.717) is 17.9 Å². The molecular formula is C11H13FO2S. The highest BCUT2D eigenvalue weighted by Crippen LogP contribution is 2.20. The lowest BCUT2D eigenvalue weighted by Gasteiger charge is -2.08. The van der Waals surface area contributed by atoms with E-state index in [-0.39, 0.29) is 5.78 Å². The number of thioether (sulfide) groups is 1. The minimum Gasteiger partial charge on any atom is -0.492 e. The summed E-state index contributed by atoms with van der Waals surface area (Å²) >= 11 is 1.65. The maximum Gasteiger partial charge on any atom is 0.163 e. The summed E-state index contributed by atoms with van der Waals surface area (Å²) in [5.74, 6) is 0.693. The van der Waals surface area contributed by atoms with Gasteiger partial charge in [0.25, 0.3) is 0 Å².